The second-order valence-corrected chi connectivity index (χ2v) is 8.49. The maximum Gasteiger partial charge on any atom is 0.108 e. The molecular weight excluding hydrogens is 308 g/mol. The summed E-state index contributed by atoms with van der Waals surface area (Å²) in [6.07, 6.45) is 17.7. The van der Waals surface area contributed by atoms with E-state index in [0.29, 0.717) is 24.2 Å². The maximum absolute atomic E-state index is 2.52. The minimum atomic E-state index is 0.157. The topological polar surface area (TPSA) is 13.0 Å². The van der Waals surface area contributed by atoms with E-state index in [1.54, 1.807) is 5.57 Å². The lowest BCUT2D eigenvalue weighted by Gasteiger charge is -2.54. The van der Waals surface area contributed by atoms with Gasteiger partial charge in [0, 0.05) is 74.0 Å². The van der Waals surface area contributed by atoms with E-state index in [1.165, 1.54) is 11.4 Å². The molecule has 0 aromatic carbocycles. The summed E-state index contributed by atoms with van der Waals surface area (Å²) in [6.45, 7) is 7.44. The van der Waals surface area contributed by atoms with Crippen molar-refractivity contribution in [2.24, 2.45) is 17.3 Å². The second kappa shape index (κ2) is 4.75. The molecule has 2 bridgehead atoms. The lowest BCUT2D eigenvalue weighted by atomic mass is 9.59. The number of allylic oxidation sites excluding steroid dienone is 4. The molecule has 1 fully saturated rings. The van der Waals surface area contributed by atoms with Gasteiger partial charge in [-0.2, -0.15) is 0 Å². The average Bonchev–Trinajstić information content (AvgIpc) is 3.04. The molecule has 132 valence electrons. The number of nitrogens with zero attached hydrogens (tertiary/aromatic N) is 4. The van der Waals surface area contributed by atoms with Gasteiger partial charge in [-0.15, -0.1) is 0 Å². The van der Waals surface area contributed by atoms with Gasteiger partial charge in [-0.1, -0.05) is 26.8 Å². The highest BCUT2D eigenvalue weighted by molar-refractivity contribution is 5.45. The largest absolute Gasteiger partial charge is 0.359 e. The van der Waals surface area contributed by atoms with Crippen molar-refractivity contribution in [3.63, 3.8) is 0 Å². The van der Waals surface area contributed by atoms with Crippen LogP contribution in [0.2, 0.25) is 0 Å². The molecule has 5 atom stereocenters. The van der Waals surface area contributed by atoms with Crippen LogP contribution in [0.1, 0.15) is 27.2 Å². The fourth-order valence-electron chi connectivity index (χ4n) is 5.93. The summed E-state index contributed by atoms with van der Waals surface area (Å²) in [4.78, 5) is 9.79. The Labute approximate surface area is 151 Å². The molecule has 1 saturated heterocycles. The third-order valence-corrected chi connectivity index (χ3v) is 7.59. The average molecular weight is 336 g/mol. The van der Waals surface area contributed by atoms with Crippen LogP contribution in [0.4, 0.5) is 0 Å². The first kappa shape index (κ1) is 15.2. The third-order valence-electron chi connectivity index (χ3n) is 7.59. The van der Waals surface area contributed by atoms with Gasteiger partial charge >= 0.3 is 0 Å². The standard InChI is InChI=1S/C21H28N4/c1-14-19-22(4)9-11-24(19)16-7-6-8-18-17(13-16)21(14,3)15(2)20-23(5)10-12-25(18)20/h6-12,14-15,19-20H,13H2,1-5H3. The van der Waals surface area contributed by atoms with Crippen molar-refractivity contribution in [3.8, 4) is 0 Å². The molecule has 0 aromatic heterocycles. The summed E-state index contributed by atoms with van der Waals surface area (Å²) in [5, 5.41) is 0. The summed E-state index contributed by atoms with van der Waals surface area (Å²) < 4.78 is 0. The van der Waals surface area contributed by atoms with Crippen LogP contribution in [0.3, 0.4) is 0 Å². The molecule has 0 amide bonds. The summed E-state index contributed by atoms with van der Waals surface area (Å²) in [6, 6.07) is 0. The summed E-state index contributed by atoms with van der Waals surface area (Å²) >= 11 is 0. The first-order chi connectivity index (χ1) is 11.9. The zero-order valence-corrected chi connectivity index (χ0v) is 15.8. The predicted molar refractivity (Wildman–Crippen MR) is 100 cm³/mol. The zero-order chi connectivity index (χ0) is 17.5. The lowest BCUT2D eigenvalue weighted by Crippen LogP contribution is -2.57. The van der Waals surface area contributed by atoms with Crippen LogP contribution in [-0.2, 0) is 0 Å². The van der Waals surface area contributed by atoms with Crippen molar-refractivity contribution in [1.82, 2.24) is 19.6 Å². The van der Waals surface area contributed by atoms with E-state index >= 15 is 0 Å². The van der Waals surface area contributed by atoms with Gasteiger partial charge in [0.25, 0.3) is 0 Å². The van der Waals surface area contributed by atoms with Crippen LogP contribution in [0.5, 0.6) is 0 Å². The Bertz CT molecular complexity index is 773. The molecule has 5 aliphatic rings. The van der Waals surface area contributed by atoms with E-state index in [9.17, 15) is 0 Å². The van der Waals surface area contributed by atoms with Gasteiger partial charge in [0.05, 0.1) is 0 Å². The van der Waals surface area contributed by atoms with Crippen molar-refractivity contribution in [1.29, 1.82) is 0 Å². The van der Waals surface area contributed by atoms with Crippen LogP contribution in [0.25, 0.3) is 0 Å². The van der Waals surface area contributed by atoms with Crippen LogP contribution in [0, 0.1) is 17.3 Å². The number of fused-ring (bicyclic) bond motifs is 5. The molecule has 25 heavy (non-hydrogen) atoms. The molecule has 0 aromatic rings. The number of rotatable bonds is 0. The molecular formula is C21H28N4. The van der Waals surface area contributed by atoms with Crippen molar-refractivity contribution < 1.29 is 0 Å². The van der Waals surface area contributed by atoms with E-state index in [-0.39, 0.29) is 5.41 Å². The van der Waals surface area contributed by atoms with Gasteiger partial charge in [-0.3, -0.25) is 0 Å². The molecule has 0 spiro atoms. The summed E-state index contributed by atoms with van der Waals surface area (Å²) in [5.74, 6) is 1.07. The number of hydrogen-bond donors (Lipinski definition) is 0. The quantitative estimate of drug-likeness (QED) is 0.671. The first-order valence-electron chi connectivity index (χ1n) is 9.42. The SMILES string of the molecule is CC1C2N(C)C=CN2C2=CC=CC3=C(C2)C1(C)C(C)C1N(C)C=CN31. The van der Waals surface area contributed by atoms with Crippen LogP contribution < -0.4 is 0 Å². The van der Waals surface area contributed by atoms with E-state index in [1.807, 2.05) is 0 Å². The maximum atomic E-state index is 2.52. The van der Waals surface area contributed by atoms with E-state index < -0.39 is 0 Å². The molecule has 4 heteroatoms. The van der Waals surface area contributed by atoms with Crippen LogP contribution in [0.15, 0.2) is 60.0 Å². The summed E-state index contributed by atoms with van der Waals surface area (Å²) in [5.41, 5.74) is 4.60. The Morgan fingerprint density at radius 1 is 0.920 bits per heavy atom. The fraction of sp³-hybridized carbons (Fsp3) is 0.524. The van der Waals surface area contributed by atoms with Crippen molar-refractivity contribution in [2.75, 3.05) is 14.1 Å². The predicted octanol–water partition coefficient (Wildman–Crippen LogP) is 3.48. The molecule has 1 aliphatic carbocycles. The van der Waals surface area contributed by atoms with Gasteiger partial charge in [0.15, 0.2) is 0 Å². The smallest absolute Gasteiger partial charge is 0.108 e. The van der Waals surface area contributed by atoms with Crippen molar-refractivity contribution >= 4 is 0 Å². The summed E-state index contributed by atoms with van der Waals surface area (Å²) in [7, 11) is 4.44. The monoisotopic (exact) mass is 336 g/mol. The Balaban J connectivity index is 1.76. The molecule has 0 radical (unpaired) electrons. The first-order valence-corrected chi connectivity index (χ1v) is 9.42. The van der Waals surface area contributed by atoms with Gasteiger partial charge in [-0.25, -0.2) is 0 Å². The molecule has 4 aliphatic heterocycles. The highest BCUT2D eigenvalue weighted by Crippen LogP contribution is 2.58. The Morgan fingerprint density at radius 3 is 2.20 bits per heavy atom. The molecule has 0 saturated carbocycles. The van der Waals surface area contributed by atoms with Crippen LogP contribution in [-0.4, -0.2) is 46.0 Å². The normalized spacial score (nSPS) is 41.1. The molecule has 5 rings (SSSR count). The van der Waals surface area contributed by atoms with Crippen LogP contribution >= 0.6 is 0 Å². The molecule has 4 heterocycles. The van der Waals surface area contributed by atoms with E-state index in [4.69, 9.17) is 0 Å². The third kappa shape index (κ3) is 1.68. The minimum absolute atomic E-state index is 0.157. The second-order valence-electron chi connectivity index (χ2n) is 8.49. The molecule has 0 N–H and O–H groups in total. The minimum Gasteiger partial charge on any atom is -0.359 e. The Kier molecular flexibility index (Phi) is 2.88. The highest BCUT2D eigenvalue weighted by atomic mass is 15.4. The van der Waals surface area contributed by atoms with E-state index in [0.717, 1.165) is 6.42 Å². The molecule has 4 nitrogen and oxygen atoms in total. The van der Waals surface area contributed by atoms with Crippen molar-refractivity contribution in [3.05, 3.63) is 60.0 Å². The van der Waals surface area contributed by atoms with Crippen molar-refractivity contribution in [2.45, 2.75) is 39.5 Å². The number of hydrogen-bond acceptors (Lipinski definition) is 4. The Morgan fingerprint density at radius 2 is 1.52 bits per heavy atom. The lowest BCUT2D eigenvalue weighted by molar-refractivity contribution is -0.0135. The Hall–Kier alpha value is -2.10. The molecule has 5 unspecified atom stereocenters. The van der Waals surface area contributed by atoms with Gasteiger partial charge in [-0.05, 0) is 17.7 Å². The van der Waals surface area contributed by atoms with Gasteiger partial charge in [0.1, 0.15) is 12.3 Å². The highest BCUT2D eigenvalue weighted by Gasteiger charge is 2.56. The zero-order valence-electron chi connectivity index (χ0n) is 15.8. The fourth-order valence-corrected chi connectivity index (χ4v) is 5.93. The van der Waals surface area contributed by atoms with Gasteiger partial charge < -0.3 is 19.6 Å². The van der Waals surface area contributed by atoms with Gasteiger partial charge in [0.2, 0.25) is 0 Å². The van der Waals surface area contributed by atoms with E-state index in [2.05, 4.69) is 97.5 Å².